The Hall–Kier alpha value is -10.7. The van der Waals surface area contributed by atoms with Gasteiger partial charge in [-0.15, -0.1) is 0 Å². The van der Waals surface area contributed by atoms with Crippen molar-refractivity contribution < 1.29 is 92.2 Å². The molecule has 2 aromatic heterocycles. The van der Waals surface area contributed by atoms with E-state index in [0.717, 1.165) is 59.2 Å². The topological polar surface area (TPSA) is 57.4 Å². The summed E-state index contributed by atoms with van der Waals surface area (Å²) in [5, 5.41) is 22.6. The van der Waals surface area contributed by atoms with Gasteiger partial charge in [0.2, 0.25) is 0 Å². The Morgan fingerprint density at radius 2 is 0.553 bits per heavy atom. The Morgan fingerprint density at radius 3 is 0.851 bits per heavy atom. The van der Waals surface area contributed by atoms with E-state index in [4.69, 9.17) is 0 Å². The zero-order valence-corrected chi connectivity index (χ0v) is 46.6. The lowest BCUT2D eigenvalue weighted by Crippen LogP contribution is -2.12. The lowest BCUT2D eigenvalue weighted by molar-refractivity contribution is -0.144. The van der Waals surface area contributed by atoms with Crippen molar-refractivity contribution in [2.45, 2.75) is 43.2 Å². The van der Waals surface area contributed by atoms with Gasteiger partial charge in [-0.05, 0) is 141 Å². The van der Waals surface area contributed by atoms with Crippen molar-refractivity contribution in [3.05, 3.63) is 238 Å². The molecule has 0 fully saturated rings. The first-order valence-corrected chi connectivity index (χ1v) is 27.2. The molecule has 94 heavy (non-hydrogen) atoms. The van der Waals surface area contributed by atoms with E-state index >= 15 is 39.5 Å². The molecule has 0 aliphatic rings. The van der Waals surface area contributed by atoms with Crippen LogP contribution < -0.4 is 0 Å². The van der Waals surface area contributed by atoms with Crippen molar-refractivity contribution in [3.63, 3.8) is 0 Å². The Labute approximate surface area is 514 Å². The molecule has 0 atom stereocenters. The monoisotopic (exact) mass is 1310 g/mol. The largest absolute Gasteiger partial charge is 0.417 e. The molecule has 0 aliphatic carbocycles. The van der Waals surface area contributed by atoms with E-state index in [9.17, 15) is 63.2 Å². The second-order valence-electron chi connectivity index (χ2n) is 21.6. The number of rotatable bonds is 7. The maximum atomic E-state index is 15.0. The van der Waals surface area contributed by atoms with E-state index in [1.54, 1.807) is 0 Å². The highest BCUT2D eigenvalue weighted by Gasteiger charge is 2.42. The quantitative estimate of drug-likeness (QED) is 0.149. The molecular weight excluding hydrogens is 1280 g/mol. The second kappa shape index (κ2) is 22.0. The average molecular weight is 1310 g/mol. The van der Waals surface area contributed by atoms with Gasteiger partial charge in [-0.3, -0.25) is 0 Å². The number of nitriles is 2. The molecule has 474 valence electrons. The molecule has 25 heteroatoms. The Kier molecular flexibility index (Phi) is 14.8. The molecule has 0 spiro atoms. The molecule has 12 rings (SSSR count). The lowest BCUT2D eigenvalue weighted by atomic mass is 9.95. The zero-order valence-electron chi connectivity index (χ0n) is 46.6. The van der Waals surface area contributed by atoms with Gasteiger partial charge in [-0.25, -0.2) is 0 Å². The molecule has 0 saturated carbocycles. The summed E-state index contributed by atoms with van der Waals surface area (Å²) in [7, 11) is 0. The van der Waals surface area contributed by atoms with Crippen LogP contribution in [-0.4, -0.2) is 9.13 Å². The summed E-state index contributed by atoms with van der Waals surface area (Å²) in [4.78, 5) is 0. The van der Waals surface area contributed by atoms with Crippen LogP contribution >= 0.6 is 0 Å². The summed E-state index contributed by atoms with van der Waals surface area (Å²) in [6.07, 6.45) is -37.3. The first-order chi connectivity index (χ1) is 43.9. The Morgan fingerprint density at radius 1 is 0.255 bits per heavy atom. The SMILES string of the molecule is N#Cc1ccccc1-c1cc(-n2c3cc(-c4ccccc4C(F)(F)F)ccc3c3ccc(-c4ccc(C(F)(F)F)cc4C(F)(F)F)cc32)c(C#N)c(-n2c3cc(-c4ccc(C(F)(F)F)cc4C(F)(F)F)ccc3c3ccc(-c4ccc(C(F)(F)F)cc4C(F)(F)F)cc32)c1. The highest BCUT2D eigenvalue weighted by atomic mass is 19.4. The maximum Gasteiger partial charge on any atom is 0.417 e. The smallest absolute Gasteiger partial charge is 0.308 e. The van der Waals surface area contributed by atoms with Gasteiger partial charge in [-0.2, -0.15) is 103 Å². The number of hydrogen-bond donors (Lipinski definition) is 0. The van der Waals surface area contributed by atoms with Gasteiger partial charge in [0.25, 0.3) is 0 Å². The van der Waals surface area contributed by atoms with Crippen LogP contribution in [0.1, 0.15) is 50.1 Å². The fourth-order valence-electron chi connectivity index (χ4n) is 11.9. The van der Waals surface area contributed by atoms with Crippen molar-refractivity contribution >= 4 is 43.6 Å². The number of fused-ring (bicyclic) bond motifs is 6. The molecule has 0 bridgehead atoms. The summed E-state index contributed by atoms with van der Waals surface area (Å²) in [6.45, 7) is 0. The molecule has 0 amide bonds. The van der Waals surface area contributed by atoms with Gasteiger partial charge in [0.1, 0.15) is 11.6 Å². The van der Waals surface area contributed by atoms with E-state index in [0.29, 0.717) is 36.4 Å². The van der Waals surface area contributed by atoms with Gasteiger partial charge >= 0.3 is 43.2 Å². The Bertz CT molecular complexity index is 5050. The van der Waals surface area contributed by atoms with Crippen molar-refractivity contribution in [1.82, 2.24) is 9.13 Å². The molecule has 0 N–H and O–H groups in total. The third-order valence-electron chi connectivity index (χ3n) is 16.0. The van der Waals surface area contributed by atoms with Gasteiger partial charge in [-0.1, -0.05) is 103 Å². The van der Waals surface area contributed by atoms with Gasteiger partial charge in [0.05, 0.1) is 84.0 Å². The van der Waals surface area contributed by atoms with Crippen molar-refractivity contribution in [1.29, 1.82) is 10.5 Å². The van der Waals surface area contributed by atoms with Crippen molar-refractivity contribution in [2.24, 2.45) is 0 Å². The average Bonchev–Trinajstić information content (AvgIpc) is 1.49. The normalized spacial score (nSPS) is 12.9. The van der Waals surface area contributed by atoms with E-state index in [2.05, 4.69) is 0 Å². The number of alkyl halides is 21. The van der Waals surface area contributed by atoms with Crippen LogP contribution in [0.15, 0.2) is 188 Å². The van der Waals surface area contributed by atoms with Gasteiger partial charge in [0.15, 0.2) is 0 Å². The summed E-state index contributed by atoms with van der Waals surface area (Å²) in [6, 6.07) is 32.5. The first kappa shape index (κ1) is 63.5. The van der Waals surface area contributed by atoms with Crippen LogP contribution in [0.4, 0.5) is 92.2 Å². The lowest BCUT2D eigenvalue weighted by Gasteiger charge is -2.20. The summed E-state index contributed by atoms with van der Waals surface area (Å²) in [5.41, 5.74) is -18.5. The molecule has 4 nitrogen and oxygen atoms in total. The number of nitrogens with zero attached hydrogens (tertiary/aromatic N) is 4. The molecule has 0 radical (unpaired) electrons. The Balaban J connectivity index is 1.26. The van der Waals surface area contributed by atoms with Crippen LogP contribution in [0.2, 0.25) is 0 Å². The van der Waals surface area contributed by atoms with Crippen molar-refractivity contribution in [2.75, 3.05) is 0 Å². The number of aromatic nitrogens is 2. The first-order valence-electron chi connectivity index (χ1n) is 27.2. The molecule has 0 aliphatic heterocycles. The third-order valence-corrected chi connectivity index (χ3v) is 16.0. The standard InChI is InChI=1S/C69H31F21N4/c70-63(71,72)40-13-20-45(54(29-40)67(82,83)84)35-10-17-49-48-16-9-34(44-7-3-4-8-53(44)66(79,80)81)23-57(48)93(58(49)24-35)61-27-39(43-6-2-1-5-38(43)32-91)28-62(52(61)33-92)94-59-25-36(46-21-14-41(64(73,74)75)30-55(46)68(85,86)87)11-18-50(59)51-19-12-37(26-60(51)94)47-22-15-42(65(76,77)78)31-56(47)69(88,89)90/h1-31H. The van der Waals surface area contributed by atoms with E-state index in [1.807, 2.05) is 12.1 Å². The number of hydrogen-bond acceptors (Lipinski definition) is 2. The van der Waals surface area contributed by atoms with Gasteiger partial charge in [0, 0.05) is 21.5 Å². The summed E-state index contributed by atoms with van der Waals surface area (Å²) in [5.74, 6) is 0. The second-order valence-corrected chi connectivity index (χ2v) is 21.6. The van der Waals surface area contributed by atoms with Crippen LogP contribution in [0.3, 0.4) is 0 Å². The summed E-state index contributed by atoms with van der Waals surface area (Å²) >= 11 is 0. The molecule has 2 heterocycles. The van der Waals surface area contributed by atoms with Gasteiger partial charge < -0.3 is 9.13 Å². The predicted molar refractivity (Wildman–Crippen MR) is 307 cm³/mol. The third kappa shape index (κ3) is 11.2. The minimum Gasteiger partial charge on any atom is -0.308 e. The fourth-order valence-corrected chi connectivity index (χ4v) is 11.9. The van der Waals surface area contributed by atoms with E-state index in [-0.39, 0.29) is 89.8 Å². The molecule has 10 aromatic carbocycles. The number of halogens is 21. The summed E-state index contributed by atoms with van der Waals surface area (Å²) < 4.78 is 309. The van der Waals surface area contributed by atoms with E-state index < -0.39 is 132 Å². The molecule has 0 saturated heterocycles. The van der Waals surface area contributed by atoms with Crippen molar-refractivity contribution in [3.8, 4) is 79.1 Å². The molecular formula is C69H31F21N4. The number of benzene rings is 10. The highest BCUT2D eigenvalue weighted by molar-refractivity contribution is 6.13. The fraction of sp³-hybridized carbons (Fsp3) is 0.101. The van der Waals surface area contributed by atoms with E-state index in [1.165, 1.54) is 83.4 Å². The highest BCUT2D eigenvalue weighted by Crippen LogP contribution is 2.50. The molecule has 12 aromatic rings. The van der Waals surface area contributed by atoms with Crippen LogP contribution in [-0.2, 0) is 43.2 Å². The molecule has 0 unspecified atom stereocenters. The van der Waals surface area contributed by atoms with Crippen LogP contribution in [0, 0.1) is 22.7 Å². The minimum absolute atomic E-state index is 0.00556. The maximum absolute atomic E-state index is 15.0. The predicted octanol–water partition coefficient (Wildman–Crippen LogP) is 23.1. The minimum atomic E-state index is -5.49. The van der Waals surface area contributed by atoms with Crippen LogP contribution in [0.25, 0.3) is 111 Å². The zero-order chi connectivity index (χ0) is 67.7. The van der Waals surface area contributed by atoms with Crippen LogP contribution in [0.5, 0.6) is 0 Å².